The molecule has 5 nitrogen and oxygen atoms in total. The second kappa shape index (κ2) is 4.24. The lowest BCUT2D eigenvalue weighted by Gasteiger charge is -2.36. The van der Waals surface area contributed by atoms with Gasteiger partial charge in [-0.3, -0.25) is 0 Å². The van der Waals surface area contributed by atoms with Gasteiger partial charge in [0, 0.05) is 24.9 Å². The van der Waals surface area contributed by atoms with Crippen molar-refractivity contribution < 1.29 is 4.74 Å². The maximum Gasteiger partial charge on any atom is 0.157 e. The van der Waals surface area contributed by atoms with Crippen LogP contribution >= 0.6 is 0 Å². The number of nitrogens with one attached hydrogen (secondary N) is 1. The Labute approximate surface area is 106 Å². The molecule has 1 N–H and O–H groups in total. The number of rotatable bonds is 2. The van der Waals surface area contributed by atoms with Crippen LogP contribution in [0.15, 0.2) is 24.5 Å². The largest absolute Gasteiger partial charge is 0.375 e. The predicted molar refractivity (Wildman–Crippen MR) is 69.7 cm³/mol. The van der Waals surface area contributed by atoms with Gasteiger partial charge in [0.05, 0.1) is 11.8 Å². The molecule has 0 saturated carbocycles. The molecule has 1 aliphatic heterocycles. The molecule has 0 bridgehead atoms. The summed E-state index contributed by atoms with van der Waals surface area (Å²) in [5, 5.41) is 7.62. The molecule has 3 heterocycles. The van der Waals surface area contributed by atoms with E-state index in [1.807, 2.05) is 18.3 Å². The first-order chi connectivity index (χ1) is 8.62. The second-order valence-corrected chi connectivity index (χ2v) is 5.39. The van der Waals surface area contributed by atoms with Gasteiger partial charge < -0.3 is 10.1 Å². The van der Waals surface area contributed by atoms with Crippen molar-refractivity contribution in [2.24, 2.45) is 0 Å². The normalized spacial score (nSPS) is 23.1. The molecule has 3 rings (SSSR count). The Morgan fingerprint density at radius 3 is 3.17 bits per heavy atom. The van der Waals surface area contributed by atoms with Crippen LogP contribution in [0, 0.1) is 0 Å². The fourth-order valence-corrected chi connectivity index (χ4v) is 2.46. The van der Waals surface area contributed by atoms with Gasteiger partial charge in [-0.15, -0.1) is 0 Å². The number of nitrogens with zero attached hydrogens (tertiary/aromatic N) is 3. The Bertz CT molecular complexity index is 549. The molecule has 1 aliphatic rings. The number of fused-ring (bicyclic) bond motifs is 1. The van der Waals surface area contributed by atoms with Crippen LogP contribution in [0.3, 0.4) is 0 Å². The molecule has 5 heteroatoms. The van der Waals surface area contributed by atoms with Crippen molar-refractivity contribution >= 4 is 11.5 Å². The van der Waals surface area contributed by atoms with Crippen molar-refractivity contribution in [1.82, 2.24) is 14.6 Å². The third-order valence-electron chi connectivity index (χ3n) is 3.31. The van der Waals surface area contributed by atoms with Gasteiger partial charge in [0.2, 0.25) is 0 Å². The Morgan fingerprint density at radius 1 is 1.44 bits per heavy atom. The summed E-state index contributed by atoms with van der Waals surface area (Å²) in [5.74, 6) is 0.908. The molecule has 18 heavy (non-hydrogen) atoms. The Kier molecular flexibility index (Phi) is 2.70. The lowest BCUT2D eigenvalue weighted by molar-refractivity contribution is -0.0553. The van der Waals surface area contributed by atoms with Crippen molar-refractivity contribution in [3.05, 3.63) is 24.5 Å². The van der Waals surface area contributed by atoms with Crippen molar-refractivity contribution in [2.45, 2.75) is 38.3 Å². The highest BCUT2D eigenvalue weighted by Crippen LogP contribution is 2.25. The number of anilines is 1. The highest BCUT2D eigenvalue weighted by Gasteiger charge is 2.28. The van der Waals surface area contributed by atoms with E-state index in [-0.39, 0.29) is 5.60 Å². The zero-order valence-corrected chi connectivity index (χ0v) is 10.8. The van der Waals surface area contributed by atoms with E-state index < -0.39 is 0 Å². The summed E-state index contributed by atoms with van der Waals surface area (Å²) in [5.41, 5.74) is 0.822. The molecule has 2 aromatic heterocycles. The SMILES string of the molecule is CC1(C)CC(Nc2ccn3nccc3n2)CCO1. The maximum atomic E-state index is 5.72. The summed E-state index contributed by atoms with van der Waals surface area (Å²) in [6, 6.07) is 4.29. The Balaban J connectivity index is 1.75. The molecule has 96 valence electrons. The average molecular weight is 246 g/mol. The molecular weight excluding hydrogens is 228 g/mol. The smallest absolute Gasteiger partial charge is 0.157 e. The van der Waals surface area contributed by atoms with Gasteiger partial charge in [-0.2, -0.15) is 5.10 Å². The van der Waals surface area contributed by atoms with E-state index in [4.69, 9.17) is 4.74 Å². The Morgan fingerprint density at radius 2 is 2.33 bits per heavy atom. The third-order valence-corrected chi connectivity index (χ3v) is 3.31. The summed E-state index contributed by atoms with van der Waals surface area (Å²) in [4.78, 5) is 4.53. The van der Waals surface area contributed by atoms with E-state index in [1.165, 1.54) is 0 Å². The van der Waals surface area contributed by atoms with E-state index >= 15 is 0 Å². The summed E-state index contributed by atoms with van der Waals surface area (Å²) >= 11 is 0. The van der Waals surface area contributed by atoms with Gasteiger partial charge in [0.15, 0.2) is 5.65 Å². The minimum atomic E-state index is -0.0450. The molecule has 1 fully saturated rings. The molecule has 0 amide bonds. The second-order valence-electron chi connectivity index (χ2n) is 5.39. The summed E-state index contributed by atoms with van der Waals surface area (Å²) in [6.45, 7) is 5.07. The molecule has 2 aromatic rings. The van der Waals surface area contributed by atoms with Crippen molar-refractivity contribution in [3.63, 3.8) is 0 Å². The quantitative estimate of drug-likeness (QED) is 0.881. The summed E-state index contributed by atoms with van der Waals surface area (Å²) < 4.78 is 7.48. The Hall–Kier alpha value is -1.62. The molecule has 1 atom stereocenters. The van der Waals surface area contributed by atoms with Gasteiger partial charge in [-0.1, -0.05) is 0 Å². The first kappa shape index (κ1) is 11.5. The van der Waals surface area contributed by atoms with Gasteiger partial charge in [0.25, 0.3) is 0 Å². The van der Waals surface area contributed by atoms with Crippen LogP contribution in [0.1, 0.15) is 26.7 Å². The van der Waals surface area contributed by atoms with Crippen LogP contribution in [-0.2, 0) is 4.74 Å². The third kappa shape index (κ3) is 2.31. The van der Waals surface area contributed by atoms with E-state index in [2.05, 4.69) is 29.2 Å². The van der Waals surface area contributed by atoms with Gasteiger partial charge in [0.1, 0.15) is 5.82 Å². The zero-order valence-electron chi connectivity index (χ0n) is 10.8. The van der Waals surface area contributed by atoms with Crippen LogP contribution in [0.25, 0.3) is 5.65 Å². The van der Waals surface area contributed by atoms with E-state index in [0.717, 1.165) is 30.9 Å². The first-order valence-corrected chi connectivity index (χ1v) is 6.33. The fraction of sp³-hybridized carbons (Fsp3) is 0.538. The predicted octanol–water partition coefficient (Wildman–Crippen LogP) is 2.10. The molecule has 0 radical (unpaired) electrons. The summed E-state index contributed by atoms with van der Waals surface area (Å²) in [6.07, 6.45) is 5.70. The molecule has 0 aromatic carbocycles. The van der Waals surface area contributed by atoms with E-state index in [9.17, 15) is 0 Å². The monoisotopic (exact) mass is 246 g/mol. The average Bonchev–Trinajstić information content (AvgIpc) is 2.74. The van der Waals surface area contributed by atoms with E-state index in [0.29, 0.717) is 6.04 Å². The van der Waals surface area contributed by atoms with Crippen molar-refractivity contribution in [1.29, 1.82) is 0 Å². The lowest BCUT2D eigenvalue weighted by Crippen LogP contribution is -2.40. The highest BCUT2D eigenvalue weighted by atomic mass is 16.5. The maximum absolute atomic E-state index is 5.72. The topological polar surface area (TPSA) is 51.5 Å². The molecule has 1 unspecified atom stereocenters. The van der Waals surface area contributed by atoms with Crippen molar-refractivity contribution in [3.8, 4) is 0 Å². The molecular formula is C13H18N4O. The van der Waals surface area contributed by atoms with Crippen LogP contribution < -0.4 is 5.32 Å². The van der Waals surface area contributed by atoms with Crippen LogP contribution in [0.2, 0.25) is 0 Å². The van der Waals surface area contributed by atoms with Gasteiger partial charge in [-0.25, -0.2) is 9.50 Å². The number of hydrogen-bond donors (Lipinski definition) is 1. The lowest BCUT2D eigenvalue weighted by atomic mass is 9.94. The summed E-state index contributed by atoms with van der Waals surface area (Å²) in [7, 11) is 0. The number of aromatic nitrogens is 3. The first-order valence-electron chi connectivity index (χ1n) is 6.33. The van der Waals surface area contributed by atoms with E-state index in [1.54, 1.807) is 10.7 Å². The standard InChI is InChI=1S/C13H18N4O/c1-13(2)9-10(5-8-18-13)15-11-4-7-17-12(16-11)3-6-14-17/h3-4,6-7,10H,5,8-9H2,1-2H3,(H,15,16). The van der Waals surface area contributed by atoms with Crippen LogP contribution in [0.5, 0.6) is 0 Å². The molecule has 1 saturated heterocycles. The van der Waals surface area contributed by atoms with Crippen LogP contribution in [0.4, 0.5) is 5.82 Å². The van der Waals surface area contributed by atoms with Crippen LogP contribution in [-0.4, -0.2) is 32.8 Å². The minimum absolute atomic E-state index is 0.0450. The minimum Gasteiger partial charge on any atom is -0.375 e. The fourth-order valence-electron chi connectivity index (χ4n) is 2.46. The molecule has 0 spiro atoms. The number of hydrogen-bond acceptors (Lipinski definition) is 4. The number of ether oxygens (including phenoxy) is 1. The van der Waals surface area contributed by atoms with Gasteiger partial charge in [-0.05, 0) is 32.8 Å². The molecule has 0 aliphatic carbocycles. The zero-order chi connectivity index (χ0) is 12.6. The highest BCUT2D eigenvalue weighted by molar-refractivity contribution is 5.45. The van der Waals surface area contributed by atoms with Crippen molar-refractivity contribution in [2.75, 3.05) is 11.9 Å². The van der Waals surface area contributed by atoms with Gasteiger partial charge >= 0.3 is 0 Å².